The standard InChI is InChI=1S/C18H29N3O3/c1-13(2)24-16-12-14(6-7-15(16)23-5)17(18(22)20(3)4)21-10-8-19-9-11-21/h6-7,12-13,17,19H,8-11H2,1-5H3. The van der Waals surface area contributed by atoms with E-state index < -0.39 is 0 Å². The maximum Gasteiger partial charge on any atom is 0.244 e. The number of piperazine rings is 1. The van der Waals surface area contributed by atoms with Crippen molar-refractivity contribution >= 4 is 5.91 Å². The number of carbonyl (C=O) groups excluding carboxylic acids is 1. The van der Waals surface area contributed by atoms with Crippen molar-refractivity contribution in [2.24, 2.45) is 0 Å². The topological polar surface area (TPSA) is 54.0 Å². The fraction of sp³-hybridized carbons (Fsp3) is 0.611. The summed E-state index contributed by atoms with van der Waals surface area (Å²) in [6.07, 6.45) is 0.0383. The lowest BCUT2D eigenvalue weighted by molar-refractivity contribution is -0.135. The van der Waals surface area contributed by atoms with Gasteiger partial charge in [-0.15, -0.1) is 0 Å². The number of nitrogens with one attached hydrogen (secondary N) is 1. The van der Waals surface area contributed by atoms with Gasteiger partial charge in [-0.05, 0) is 31.5 Å². The molecule has 6 nitrogen and oxygen atoms in total. The van der Waals surface area contributed by atoms with Crippen LogP contribution in [0.3, 0.4) is 0 Å². The van der Waals surface area contributed by atoms with Gasteiger partial charge in [-0.25, -0.2) is 0 Å². The monoisotopic (exact) mass is 335 g/mol. The van der Waals surface area contributed by atoms with E-state index in [0.29, 0.717) is 11.5 Å². The Labute approximate surface area is 144 Å². The first-order valence-electron chi connectivity index (χ1n) is 8.44. The zero-order valence-electron chi connectivity index (χ0n) is 15.3. The summed E-state index contributed by atoms with van der Waals surface area (Å²) in [6, 6.07) is 5.47. The molecule has 1 aliphatic heterocycles. The molecule has 1 atom stereocenters. The summed E-state index contributed by atoms with van der Waals surface area (Å²) in [5.74, 6) is 1.44. The van der Waals surface area contributed by atoms with Gasteiger partial charge in [0.2, 0.25) is 5.91 Å². The van der Waals surface area contributed by atoms with E-state index in [2.05, 4.69) is 10.2 Å². The van der Waals surface area contributed by atoms with Crippen molar-refractivity contribution in [2.45, 2.75) is 26.0 Å². The van der Waals surface area contributed by atoms with E-state index in [0.717, 1.165) is 31.7 Å². The summed E-state index contributed by atoms with van der Waals surface area (Å²) >= 11 is 0. The number of benzene rings is 1. The second-order valence-corrected chi connectivity index (χ2v) is 6.50. The van der Waals surface area contributed by atoms with E-state index in [-0.39, 0.29) is 18.1 Å². The molecule has 1 aromatic carbocycles. The summed E-state index contributed by atoms with van der Waals surface area (Å²) in [5, 5.41) is 3.33. The molecule has 24 heavy (non-hydrogen) atoms. The molecule has 0 saturated carbocycles. The number of ether oxygens (including phenoxy) is 2. The third kappa shape index (κ3) is 4.39. The Kier molecular flexibility index (Phi) is 6.45. The second kappa shape index (κ2) is 8.35. The molecule has 0 spiro atoms. The Balaban J connectivity index is 2.39. The number of rotatable bonds is 6. The predicted octanol–water partition coefficient (Wildman–Crippen LogP) is 1.52. The minimum absolute atomic E-state index is 0.0383. The van der Waals surface area contributed by atoms with Crippen molar-refractivity contribution in [1.29, 1.82) is 0 Å². The highest BCUT2D eigenvalue weighted by atomic mass is 16.5. The van der Waals surface area contributed by atoms with Crippen LogP contribution >= 0.6 is 0 Å². The van der Waals surface area contributed by atoms with Gasteiger partial charge in [0.05, 0.1) is 13.2 Å². The summed E-state index contributed by atoms with van der Waals surface area (Å²) in [4.78, 5) is 16.7. The van der Waals surface area contributed by atoms with Gasteiger partial charge >= 0.3 is 0 Å². The van der Waals surface area contributed by atoms with Crippen LogP contribution in [0.25, 0.3) is 0 Å². The van der Waals surface area contributed by atoms with Gasteiger partial charge in [0.1, 0.15) is 6.04 Å². The third-order valence-corrected chi connectivity index (χ3v) is 4.06. The molecule has 1 saturated heterocycles. The van der Waals surface area contributed by atoms with Gasteiger partial charge in [-0.3, -0.25) is 9.69 Å². The van der Waals surface area contributed by atoms with Crippen LogP contribution in [-0.2, 0) is 4.79 Å². The lowest BCUT2D eigenvalue weighted by atomic mass is 10.0. The molecule has 1 unspecified atom stereocenters. The molecule has 0 aromatic heterocycles. The molecule has 1 amide bonds. The Bertz CT molecular complexity index is 554. The number of amides is 1. The van der Waals surface area contributed by atoms with Crippen molar-refractivity contribution in [1.82, 2.24) is 15.1 Å². The highest BCUT2D eigenvalue weighted by Crippen LogP contribution is 2.33. The molecule has 1 heterocycles. The van der Waals surface area contributed by atoms with Gasteiger partial charge in [-0.1, -0.05) is 6.07 Å². The number of likely N-dealkylation sites (N-methyl/N-ethyl adjacent to an activating group) is 1. The second-order valence-electron chi connectivity index (χ2n) is 6.50. The molecule has 0 bridgehead atoms. The van der Waals surface area contributed by atoms with Gasteiger partial charge in [0, 0.05) is 40.3 Å². The summed E-state index contributed by atoms with van der Waals surface area (Å²) in [7, 11) is 5.22. The van der Waals surface area contributed by atoms with Crippen LogP contribution in [0.15, 0.2) is 18.2 Å². The molecule has 1 aromatic rings. The summed E-state index contributed by atoms with van der Waals surface area (Å²) in [6.45, 7) is 7.43. The average Bonchev–Trinajstić information content (AvgIpc) is 2.55. The number of nitrogens with zero attached hydrogens (tertiary/aromatic N) is 2. The van der Waals surface area contributed by atoms with E-state index in [9.17, 15) is 4.79 Å². The van der Waals surface area contributed by atoms with E-state index in [1.54, 1.807) is 26.1 Å². The minimum Gasteiger partial charge on any atom is -0.493 e. The molecule has 1 aliphatic rings. The van der Waals surface area contributed by atoms with E-state index >= 15 is 0 Å². The molecule has 134 valence electrons. The zero-order valence-corrected chi connectivity index (χ0v) is 15.3. The molecule has 0 aliphatic carbocycles. The quantitative estimate of drug-likeness (QED) is 0.854. The number of methoxy groups -OCH3 is 1. The van der Waals surface area contributed by atoms with Crippen LogP contribution in [0.5, 0.6) is 11.5 Å². The molecular weight excluding hydrogens is 306 g/mol. The lowest BCUT2D eigenvalue weighted by Crippen LogP contribution is -2.49. The minimum atomic E-state index is -0.303. The molecule has 2 rings (SSSR count). The number of hydrogen-bond donors (Lipinski definition) is 1. The molecule has 1 N–H and O–H groups in total. The smallest absolute Gasteiger partial charge is 0.244 e. The summed E-state index contributed by atoms with van der Waals surface area (Å²) < 4.78 is 11.3. The molecule has 1 fully saturated rings. The van der Waals surface area contributed by atoms with Crippen LogP contribution in [0.4, 0.5) is 0 Å². The largest absolute Gasteiger partial charge is 0.493 e. The predicted molar refractivity (Wildman–Crippen MR) is 94.6 cm³/mol. The Hall–Kier alpha value is -1.79. The third-order valence-electron chi connectivity index (χ3n) is 4.06. The molecular formula is C18H29N3O3. The van der Waals surface area contributed by atoms with E-state index in [1.165, 1.54) is 0 Å². The first kappa shape index (κ1) is 18.5. The number of hydrogen-bond acceptors (Lipinski definition) is 5. The van der Waals surface area contributed by atoms with Crippen molar-refractivity contribution in [2.75, 3.05) is 47.4 Å². The molecule has 0 radical (unpaired) electrons. The average molecular weight is 335 g/mol. The van der Waals surface area contributed by atoms with Crippen LogP contribution in [0.2, 0.25) is 0 Å². The van der Waals surface area contributed by atoms with Crippen molar-refractivity contribution < 1.29 is 14.3 Å². The van der Waals surface area contributed by atoms with Gasteiger partial charge in [0.15, 0.2) is 11.5 Å². The van der Waals surface area contributed by atoms with Crippen LogP contribution in [0.1, 0.15) is 25.5 Å². The molecule has 6 heteroatoms. The fourth-order valence-corrected chi connectivity index (χ4v) is 2.90. The first-order chi connectivity index (χ1) is 11.4. The highest BCUT2D eigenvalue weighted by Gasteiger charge is 2.30. The van der Waals surface area contributed by atoms with E-state index in [4.69, 9.17) is 9.47 Å². The first-order valence-corrected chi connectivity index (χ1v) is 8.44. The fourth-order valence-electron chi connectivity index (χ4n) is 2.90. The summed E-state index contributed by atoms with van der Waals surface area (Å²) in [5.41, 5.74) is 0.937. The Morgan fingerprint density at radius 2 is 1.88 bits per heavy atom. The SMILES string of the molecule is COc1ccc(C(C(=O)N(C)C)N2CCNCC2)cc1OC(C)C. The Morgan fingerprint density at radius 1 is 1.21 bits per heavy atom. The zero-order chi connectivity index (χ0) is 17.7. The maximum atomic E-state index is 12.8. The van der Waals surface area contributed by atoms with Gasteiger partial charge in [-0.2, -0.15) is 0 Å². The maximum absolute atomic E-state index is 12.8. The lowest BCUT2D eigenvalue weighted by Gasteiger charge is -2.35. The highest BCUT2D eigenvalue weighted by molar-refractivity contribution is 5.83. The van der Waals surface area contributed by atoms with Crippen molar-refractivity contribution in [3.63, 3.8) is 0 Å². The van der Waals surface area contributed by atoms with E-state index in [1.807, 2.05) is 32.0 Å². The van der Waals surface area contributed by atoms with Crippen molar-refractivity contribution in [3.8, 4) is 11.5 Å². The van der Waals surface area contributed by atoms with Crippen molar-refractivity contribution in [3.05, 3.63) is 23.8 Å². The van der Waals surface area contributed by atoms with Gasteiger partial charge < -0.3 is 19.7 Å². The Morgan fingerprint density at radius 3 is 2.42 bits per heavy atom. The van der Waals surface area contributed by atoms with Crippen LogP contribution in [-0.4, -0.2) is 69.2 Å². The normalized spacial score (nSPS) is 16.8. The van der Waals surface area contributed by atoms with Gasteiger partial charge in [0.25, 0.3) is 0 Å². The van der Waals surface area contributed by atoms with Crippen LogP contribution < -0.4 is 14.8 Å². The van der Waals surface area contributed by atoms with Crippen LogP contribution in [0, 0.1) is 0 Å². The number of carbonyl (C=O) groups is 1.